The quantitative estimate of drug-likeness (QED) is 0.876. The van der Waals surface area contributed by atoms with Gasteiger partial charge in [0.25, 0.3) is 0 Å². The minimum absolute atomic E-state index is 0.0141. The minimum atomic E-state index is -0.0141. The first-order valence-electron chi connectivity index (χ1n) is 6.36. The highest BCUT2D eigenvalue weighted by atomic mass is 16.5. The van der Waals surface area contributed by atoms with Crippen molar-refractivity contribution in [3.05, 3.63) is 23.3 Å². The van der Waals surface area contributed by atoms with E-state index in [9.17, 15) is 0 Å². The smallest absolute Gasteiger partial charge is 0.128 e. The molecule has 0 aromatic heterocycles. The Morgan fingerprint density at radius 2 is 2.11 bits per heavy atom. The van der Waals surface area contributed by atoms with E-state index in [1.165, 1.54) is 0 Å². The van der Waals surface area contributed by atoms with Crippen molar-refractivity contribution in [3.63, 3.8) is 0 Å². The molecule has 0 saturated carbocycles. The van der Waals surface area contributed by atoms with Crippen LogP contribution in [0.15, 0.2) is 12.1 Å². The second-order valence-corrected chi connectivity index (χ2v) is 4.40. The van der Waals surface area contributed by atoms with Crippen LogP contribution in [0, 0.1) is 0 Å². The second-order valence-electron chi connectivity index (χ2n) is 4.40. The van der Waals surface area contributed by atoms with Gasteiger partial charge < -0.3 is 24.3 Å². The molecule has 5 nitrogen and oxygen atoms in total. The zero-order valence-corrected chi connectivity index (χ0v) is 11.7. The van der Waals surface area contributed by atoms with Gasteiger partial charge in [-0.2, -0.15) is 0 Å². The zero-order chi connectivity index (χ0) is 13.7. The van der Waals surface area contributed by atoms with Gasteiger partial charge in [0, 0.05) is 31.8 Å². The summed E-state index contributed by atoms with van der Waals surface area (Å²) in [7, 11) is 4.98. The molecule has 0 amide bonds. The first-order chi connectivity index (χ1) is 9.30. The standard InChI is InChI=1S/C14H21NO4/c1-16-9-10-6-11(17-2)7-12(18-3)14(10)13-8-15-4-5-19-13/h6-7,13,15H,4-5,8-9H2,1-3H3. The number of methoxy groups -OCH3 is 3. The summed E-state index contributed by atoms with van der Waals surface area (Å²) >= 11 is 0. The van der Waals surface area contributed by atoms with Gasteiger partial charge >= 0.3 is 0 Å². The molecule has 2 rings (SSSR count). The fourth-order valence-electron chi connectivity index (χ4n) is 2.33. The number of morpholine rings is 1. The molecule has 1 aromatic carbocycles. The molecule has 1 saturated heterocycles. The Balaban J connectivity index is 2.41. The molecule has 0 spiro atoms. The fourth-order valence-corrected chi connectivity index (χ4v) is 2.33. The second kappa shape index (κ2) is 6.75. The third kappa shape index (κ3) is 3.18. The van der Waals surface area contributed by atoms with Crippen molar-refractivity contribution in [2.24, 2.45) is 0 Å². The molecule has 1 fully saturated rings. The summed E-state index contributed by atoms with van der Waals surface area (Å²) in [5.74, 6) is 1.54. The van der Waals surface area contributed by atoms with Gasteiger partial charge in [0.2, 0.25) is 0 Å². The maximum atomic E-state index is 5.83. The Morgan fingerprint density at radius 3 is 2.68 bits per heavy atom. The van der Waals surface area contributed by atoms with Gasteiger partial charge in [-0.05, 0) is 11.6 Å². The SMILES string of the molecule is COCc1cc(OC)cc(OC)c1C1CNCCO1. The molecule has 1 aromatic rings. The van der Waals surface area contributed by atoms with Gasteiger partial charge in [-0.15, -0.1) is 0 Å². The van der Waals surface area contributed by atoms with Crippen molar-refractivity contribution < 1.29 is 18.9 Å². The Morgan fingerprint density at radius 1 is 1.26 bits per heavy atom. The van der Waals surface area contributed by atoms with Crippen molar-refractivity contribution in [1.29, 1.82) is 0 Å². The van der Waals surface area contributed by atoms with Crippen LogP contribution in [0.3, 0.4) is 0 Å². The van der Waals surface area contributed by atoms with Gasteiger partial charge in [0.05, 0.1) is 33.5 Å². The summed E-state index contributed by atoms with van der Waals surface area (Å²) in [5.41, 5.74) is 2.07. The highest BCUT2D eigenvalue weighted by Gasteiger charge is 2.24. The summed E-state index contributed by atoms with van der Waals surface area (Å²) in [6, 6.07) is 3.85. The molecular weight excluding hydrogens is 246 g/mol. The number of hydrogen-bond donors (Lipinski definition) is 1. The Hall–Kier alpha value is -1.30. The van der Waals surface area contributed by atoms with Crippen LogP contribution in [0.1, 0.15) is 17.2 Å². The van der Waals surface area contributed by atoms with Crippen molar-refractivity contribution in [1.82, 2.24) is 5.32 Å². The summed E-state index contributed by atoms with van der Waals surface area (Å²) in [6.45, 7) is 2.86. The monoisotopic (exact) mass is 267 g/mol. The van der Waals surface area contributed by atoms with E-state index in [0.717, 1.165) is 35.7 Å². The van der Waals surface area contributed by atoms with E-state index in [0.29, 0.717) is 13.2 Å². The van der Waals surface area contributed by atoms with E-state index in [2.05, 4.69) is 5.32 Å². The molecule has 1 N–H and O–H groups in total. The number of rotatable bonds is 5. The maximum absolute atomic E-state index is 5.83. The molecule has 1 unspecified atom stereocenters. The Bertz CT molecular complexity index is 416. The van der Waals surface area contributed by atoms with E-state index in [4.69, 9.17) is 18.9 Å². The fraction of sp³-hybridized carbons (Fsp3) is 0.571. The third-order valence-corrected chi connectivity index (χ3v) is 3.21. The molecule has 1 heterocycles. The van der Waals surface area contributed by atoms with Gasteiger partial charge in [-0.1, -0.05) is 0 Å². The van der Waals surface area contributed by atoms with Crippen LogP contribution in [0.4, 0.5) is 0 Å². The summed E-state index contributed by atoms with van der Waals surface area (Å²) < 4.78 is 21.9. The van der Waals surface area contributed by atoms with Gasteiger partial charge in [-0.3, -0.25) is 0 Å². The lowest BCUT2D eigenvalue weighted by Gasteiger charge is -2.27. The molecule has 0 aliphatic carbocycles. The van der Waals surface area contributed by atoms with Crippen molar-refractivity contribution >= 4 is 0 Å². The van der Waals surface area contributed by atoms with Gasteiger partial charge in [0.1, 0.15) is 11.5 Å². The highest BCUT2D eigenvalue weighted by Crippen LogP contribution is 2.35. The molecule has 106 valence electrons. The molecule has 0 radical (unpaired) electrons. The van der Waals surface area contributed by atoms with Gasteiger partial charge in [0.15, 0.2) is 0 Å². The summed E-state index contributed by atoms with van der Waals surface area (Å²) in [4.78, 5) is 0. The molecule has 5 heteroatoms. The lowest BCUT2D eigenvalue weighted by atomic mass is 10.00. The predicted molar refractivity (Wildman–Crippen MR) is 71.8 cm³/mol. The van der Waals surface area contributed by atoms with E-state index < -0.39 is 0 Å². The summed E-state index contributed by atoms with van der Waals surface area (Å²) in [6.07, 6.45) is -0.0141. The molecule has 1 atom stereocenters. The molecule has 1 aliphatic rings. The lowest BCUT2D eigenvalue weighted by Crippen LogP contribution is -2.34. The van der Waals surface area contributed by atoms with E-state index >= 15 is 0 Å². The van der Waals surface area contributed by atoms with Gasteiger partial charge in [-0.25, -0.2) is 0 Å². The van der Waals surface area contributed by atoms with E-state index in [1.807, 2.05) is 12.1 Å². The lowest BCUT2D eigenvalue weighted by molar-refractivity contribution is 0.0245. The first-order valence-corrected chi connectivity index (χ1v) is 6.36. The molecule has 19 heavy (non-hydrogen) atoms. The first kappa shape index (κ1) is 14.1. The molecular formula is C14H21NO4. The summed E-state index contributed by atoms with van der Waals surface area (Å²) in [5, 5.41) is 3.33. The molecule has 0 bridgehead atoms. The normalized spacial score (nSPS) is 19.2. The van der Waals surface area contributed by atoms with Crippen LogP contribution in [0.5, 0.6) is 11.5 Å². The van der Waals surface area contributed by atoms with Crippen molar-refractivity contribution in [2.45, 2.75) is 12.7 Å². The largest absolute Gasteiger partial charge is 0.497 e. The maximum Gasteiger partial charge on any atom is 0.128 e. The van der Waals surface area contributed by atoms with Crippen LogP contribution >= 0.6 is 0 Å². The van der Waals surface area contributed by atoms with Crippen LogP contribution < -0.4 is 14.8 Å². The van der Waals surface area contributed by atoms with E-state index in [1.54, 1.807) is 21.3 Å². The topological polar surface area (TPSA) is 49.0 Å². The van der Waals surface area contributed by atoms with Crippen LogP contribution in [-0.4, -0.2) is 41.0 Å². The number of nitrogens with one attached hydrogen (secondary N) is 1. The molecule has 1 aliphatic heterocycles. The minimum Gasteiger partial charge on any atom is -0.497 e. The van der Waals surface area contributed by atoms with Crippen LogP contribution in [0.25, 0.3) is 0 Å². The Kier molecular flexibility index (Phi) is 5.01. The predicted octanol–water partition coefficient (Wildman–Crippen LogP) is 1.51. The average molecular weight is 267 g/mol. The van der Waals surface area contributed by atoms with E-state index in [-0.39, 0.29) is 6.10 Å². The number of hydrogen-bond acceptors (Lipinski definition) is 5. The third-order valence-electron chi connectivity index (χ3n) is 3.21. The average Bonchev–Trinajstić information content (AvgIpc) is 2.47. The number of benzene rings is 1. The number of ether oxygens (including phenoxy) is 4. The highest BCUT2D eigenvalue weighted by molar-refractivity contribution is 5.48. The zero-order valence-electron chi connectivity index (χ0n) is 11.7. The Labute approximate surface area is 113 Å². The van der Waals surface area contributed by atoms with Crippen molar-refractivity contribution in [2.75, 3.05) is 41.0 Å². The van der Waals surface area contributed by atoms with Crippen LogP contribution in [0.2, 0.25) is 0 Å². The van der Waals surface area contributed by atoms with Crippen molar-refractivity contribution in [3.8, 4) is 11.5 Å². The van der Waals surface area contributed by atoms with Crippen LogP contribution in [-0.2, 0) is 16.1 Å².